The van der Waals surface area contributed by atoms with E-state index in [2.05, 4.69) is 21.7 Å². The van der Waals surface area contributed by atoms with Gasteiger partial charge in [0.1, 0.15) is 6.04 Å². The third kappa shape index (κ3) is 3.04. The quantitative estimate of drug-likeness (QED) is 0.628. The number of carbonyl (C=O) groups excluding carboxylic acids is 3. The van der Waals surface area contributed by atoms with Crippen LogP contribution in [0.2, 0.25) is 0 Å². The Morgan fingerprint density at radius 1 is 1.07 bits per heavy atom. The van der Waals surface area contributed by atoms with Gasteiger partial charge in [-0.25, -0.2) is 0 Å². The number of anilines is 1. The molecule has 0 radical (unpaired) electrons. The lowest BCUT2D eigenvalue weighted by Gasteiger charge is -2.28. The fourth-order valence-electron chi connectivity index (χ4n) is 4.14. The second kappa shape index (κ2) is 6.77. The largest absolute Gasteiger partial charge is 0.358 e. The number of rotatable bonds is 2. The van der Waals surface area contributed by atoms with Gasteiger partial charge in [-0.1, -0.05) is 30.3 Å². The molecular weight excluding hydrogens is 368 g/mol. The Kier molecular flexibility index (Phi) is 4.08. The predicted octanol–water partition coefficient (Wildman–Crippen LogP) is 2.19. The number of nitrogens with zero attached hydrogens (tertiary/aromatic N) is 1. The van der Waals surface area contributed by atoms with Gasteiger partial charge in [0.2, 0.25) is 11.8 Å². The number of amides is 3. The highest BCUT2D eigenvalue weighted by atomic mass is 16.2. The summed E-state index contributed by atoms with van der Waals surface area (Å²) >= 11 is 0. The molecule has 0 saturated heterocycles. The Bertz CT molecular complexity index is 1150. The van der Waals surface area contributed by atoms with Gasteiger partial charge >= 0.3 is 0 Å². The second-order valence-corrected chi connectivity index (χ2v) is 7.46. The molecular formula is C22H20N4O3. The molecule has 2 aliphatic heterocycles. The topological polar surface area (TPSA) is 94.3 Å². The van der Waals surface area contributed by atoms with E-state index in [9.17, 15) is 14.4 Å². The van der Waals surface area contributed by atoms with E-state index in [0.717, 1.165) is 28.6 Å². The van der Waals surface area contributed by atoms with Gasteiger partial charge in [-0.2, -0.15) is 0 Å². The van der Waals surface area contributed by atoms with Crippen LogP contribution in [0, 0.1) is 0 Å². The molecule has 7 heteroatoms. The smallest absolute Gasteiger partial charge is 0.254 e. The summed E-state index contributed by atoms with van der Waals surface area (Å²) in [6, 6.07) is 14.0. The standard InChI is InChI=1S/C22H20N4O3/c27-20(11-19-22(29)24-17-8-4-2-6-14(17)21(28)25-19)26-10-9-18-15(12-26)13-5-1-3-7-16(13)23-18/h1-8,19,23H,9-12H2,(H,24,29)(H,25,28)/t19-/m1/s1. The molecule has 0 aliphatic carbocycles. The molecule has 3 amide bonds. The van der Waals surface area contributed by atoms with Crippen molar-refractivity contribution in [1.82, 2.24) is 15.2 Å². The number of hydrogen-bond acceptors (Lipinski definition) is 3. The monoisotopic (exact) mass is 388 g/mol. The van der Waals surface area contributed by atoms with Gasteiger partial charge in [-0.15, -0.1) is 0 Å². The third-order valence-corrected chi connectivity index (χ3v) is 5.67. The van der Waals surface area contributed by atoms with Gasteiger partial charge in [-0.05, 0) is 18.2 Å². The Morgan fingerprint density at radius 2 is 1.86 bits per heavy atom. The minimum Gasteiger partial charge on any atom is -0.358 e. The fraction of sp³-hybridized carbons (Fsp3) is 0.227. The van der Waals surface area contributed by atoms with E-state index < -0.39 is 6.04 Å². The molecule has 2 aromatic carbocycles. The van der Waals surface area contributed by atoms with E-state index in [0.29, 0.717) is 24.3 Å². The summed E-state index contributed by atoms with van der Waals surface area (Å²) in [6.45, 7) is 1.09. The van der Waals surface area contributed by atoms with Crippen molar-refractivity contribution in [3.8, 4) is 0 Å². The second-order valence-electron chi connectivity index (χ2n) is 7.46. The zero-order valence-corrected chi connectivity index (χ0v) is 15.7. The van der Waals surface area contributed by atoms with Gasteiger partial charge in [0, 0.05) is 41.7 Å². The number of benzene rings is 2. The molecule has 0 spiro atoms. The summed E-state index contributed by atoms with van der Waals surface area (Å²) in [5.41, 5.74) is 4.22. The minimum atomic E-state index is -0.897. The molecule has 0 saturated carbocycles. The van der Waals surface area contributed by atoms with Crippen LogP contribution in [-0.2, 0) is 22.6 Å². The number of aromatic amines is 1. The molecule has 3 N–H and O–H groups in total. The molecule has 7 nitrogen and oxygen atoms in total. The number of hydrogen-bond donors (Lipinski definition) is 3. The average Bonchev–Trinajstić information content (AvgIpc) is 3.05. The van der Waals surface area contributed by atoms with Crippen molar-refractivity contribution >= 4 is 34.3 Å². The summed E-state index contributed by atoms with van der Waals surface area (Å²) in [4.78, 5) is 43.2. The summed E-state index contributed by atoms with van der Waals surface area (Å²) in [6.07, 6.45) is 0.674. The Balaban J connectivity index is 1.33. The number of para-hydroxylation sites is 2. The highest BCUT2D eigenvalue weighted by Gasteiger charge is 2.32. The summed E-state index contributed by atoms with van der Waals surface area (Å²) in [5.74, 6) is -0.872. The van der Waals surface area contributed by atoms with Crippen molar-refractivity contribution in [2.45, 2.75) is 25.4 Å². The SMILES string of the molecule is O=C1N[C@H](CC(=O)N2CCc3[nH]c4ccccc4c3C2)C(=O)Nc2ccccc21. The number of carbonyl (C=O) groups is 3. The van der Waals surface area contributed by atoms with Crippen LogP contribution in [0.25, 0.3) is 10.9 Å². The number of fused-ring (bicyclic) bond motifs is 4. The van der Waals surface area contributed by atoms with Gasteiger partial charge < -0.3 is 20.5 Å². The fourth-order valence-corrected chi connectivity index (χ4v) is 4.14. The summed E-state index contributed by atoms with van der Waals surface area (Å²) in [7, 11) is 0. The van der Waals surface area contributed by atoms with Crippen LogP contribution in [0.1, 0.15) is 28.0 Å². The Hall–Kier alpha value is -3.61. The van der Waals surface area contributed by atoms with Crippen LogP contribution in [0.4, 0.5) is 5.69 Å². The van der Waals surface area contributed by atoms with E-state index in [1.165, 1.54) is 0 Å². The van der Waals surface area contributed by atoms with Crippen LogP contribution in [0.15, 0.2) is 48.5 Å². The first-order chi connectivity index (χ1) is 14.1. The number of aromatic nitrogens is 1. The number of nitrogens with one attached hydrogen (secondary N) is 3. The van der Waals surface area contributed by atoms with Crippen LogP contribution in [0.3, 0.4) is 0 Å². The molecule has 1 aromatic heterocycles. The maximum atomic E-state index is 13.0. The van der Waals surface area contributed by atoms with E-state index in [-0.39, 0.29) is 24.1 Å². The van der Waals surface area contributed by atoms with Gasteiger partial charge in [-0.3, -0.25) is 14.4 Å². The first-order valence-corrected chi connectivity index (χ1v) is 9.67. The molecule has 1 atom stereocenters. The van der Waals surface area contributed by atoms with Crippen molar-refractivity contribution in [1.29, 1.82) is 0 Å². The Morgan fingerprint density at radius 3 is 2.76 bits per heavy atom. The maximum Gasteiger partial charge on any atom is 0.254 e. The molecule has 3 aromatic rings. The molecule has 29 heavy (non-hydrogen) atoms. The lowest BCUT2D eigenvalue weighted by atomic mass is 10.0. The van der Waals surface area contributed by atoms with E-state index in [4.69, 9.17) is 0 Å². The lowest BCUT2D eigenvalue weighted by Crippen LogP contribution is -2.46. The zero-order chi connectivity index (χ0) is 20.0. The first kappa shape index (κ1) is 17.5. The van der Waals surface area contributed by atoms with E-state index >= 15 is 0 Å². The van der Waals surface area contributed by atoms with Crippen molar-refractivity contribution in [2.24, 2.45) is 0 Å². The van der Waals surface area contributed by atoms with E-state index in [1.54, 1.807) is 29.2 Å². The molecule has 0 unspecified atom stereocenters. The minimum absolute atomic E-state index is 0.0662. The third-order valence-electron chi connectivity index (χ3n) is 5.67. The molecule has 146 valence electrons. The molecule has 3 heterocycles. The first-order valence-electron chi connectivity index (χ1n) is 9.67. The maximum absolute atomic E-state index is 13.0. The molecule has 5 rings (SSSR count). The van der Waals surface area contributed by atoms with Gasteiger partial charge in [0.15, 0.2) is 0 Å². The Labute approximate surface area is 167 Å². The molecule has 0 bridgehead atoms. The molecule has 2 aliphatic rings. The van der Waals surface area contributed by atoms with Crippen LogP contribution in [0.5, 0.6) is 0 Å². The molecule has 0 fully saturated rings. The van der Waals surface area contributed by atoms with Gasteiger partial charge in [0.05, 0.1) is 17.7 Å². The highest BCUT2D eigenvalue weighted by Crippen LogP contribution is 2.28. The van der Waals surface area contributed by atoms with Crippen molar-refractivity contribution in [3.05, 3.63) is 65.4 Å². The normalized spacial score (nSPS) is 18.5. The predicted molar refractivity (Wildman–Crippen MR) is 108 cm³/mol. The average molecular weight is 388 g/mol. The summed E-state index contributed by atoms with van der Waals surface area (Å²) in [5, 5.41) is 6.56. The number of H-pyrrole nitrogens is 1. The van der Waals surface area contributed by atoms with Crippen molar-refractivity contribution in [2.75, 3.05) is 11.9 Å². The van der Waals surface area contributed by atoms with Crippen LogP contribution >= 0.6 is 0 Å². The van der Waals surface area contributed by atoms with Crippen molar-refractivity contribution in [3.63, 3.8) is 0 Å². The van der Waals surface area contributed by atoms with Gasteiger partial charge in [0.25, 0.3) is 5.91 Å². The van der Waals surface area contributed by atoms with E-state index in [1.807, 2.05) is 18.2 Å². The van der Waals surface area contributed by atoms with Crippen molar-refractivity contribution < 1.29 is 14.4 Å². The van der Waals surface area contributed by atoms with Crippen LogP contribution in [-0.4, -0.2) is 40.2 Å². The van der Waals surface area contributed by atoms with Crippen LogP contribution < -0.4 is 10.6 Å². The highest BCUT2D eigenvalue weighted by molar-refractivity contribution is 6.10. The summed E-state index contributed by atoms with van der Waals surface area (Å²) < 4.78 is 0. The lowest BCUT2D eigenvalue weighted by molar-refractivity contribution is -0.134. The zero-order valence-electron chi connectivity index (χ0n) is 15.7.